The minimum Gasteiger partial charge on any atom is -0.396 e. The summed E-state index contributed by atoms with van der Waals surface area (Å²) in [6.07, 6.45) is 0. The van der Waals surface area contributed by atoms with Crippen molar-refractivity contribution in [3.63, 3.8) is 0 Å². The van der Waals surface area contributed by atoms with Crippen LogP contribution in [0.1, 0.15) is 25.3 Å². The highest BCUT2D eigenvalue weighted by Crippen LogP contribution is 2.26. The second-order valence-electron chi connectivity index (χ2n) is 3.70. The standard InChI is InChI=1S/C11H14F2O/c1-7(2)10(6-14)9-4-3-8(12)5-11(9)13/h3-5,7,10,14H,6H2,1-2H3/t10-/m0/s1. The zero-order valence-corrected chi connectivity index (χ0v) is 8.30. The first kappa shape index (κ1) is 11.1. The number of aliphatic hydroxyl groups excluding tert-OH is 1. The molecule has 14 heavy (non-hydrogen) atoms. The van der Waals surface area contributed by atoms with Gasteiger partial charge in [-0.15, -0.1) is 0 Å². The molecule has 1 rings (SSSR count). The minimum atomic E-state index is -0.591. The van der Waals surface area contributed by atoms with E-state index in [0.29, 0.717) is 5.56 Å². The first-order valence-electron chi connectivity index (χ1n) is 4.62. The van der Waals surface area contributed by atoms with Gasteiger partial charge in [0.1, 0.15) is 11.6 Å². The van der Waals surface area contributed by atoms with Gasteiger partial charge >= 0.3 is 0 Å². The Morgan fingerprint density at radius 2 is 1.93 bits per heavy atom. The molecule has 0 saturated carbocycles. The molecule has 0 unspecified atom stereocenters. The van der Waals surface area contributed by atoms with Gasteiger partial charge in [0.05, 0.1) is 6.61 Å². The SMILES string of the molecule is CC(C)[C@H](CO)c1ccc(F)cc1F. The fourth-order valence-electron chi connectivity index (χ4n) is 1.47. The lowest BCUT2D eigenvalue weighted by molar-refractivity contribution is 0.234. The Morgan fingerprint density at radius 1 is 1.29 bits per heavy atom. The molecule has 0 spiro atoms. The van der Waals surface area contributed by atoms with Crippen LogP contribution in [0.4, 0.5) is 8.78 Å². The van der Waals surface area contributed by atoms with Crippen molar-refractivity contribution in [1.29, 1.82) is 0 Å². The van der Waals surface area contributed by atoms with Crippen LogP contribution >= 0.6 is 0 Å². The Balaban J connectivity index is 3.04. The average molecular weight is 200 g/mol. The number of benzene rings is 1. The molecule has 1 aromatic rings. The molecule has 0 aliphatic heterocycles. The minimum absolute atomic E-state index is 0.125. The summed E-state index contributed by atoms with van der Waals surface area (Å²) in [5, 5.41) is 9.08. The number of halogens is 2. The molecule has 1 aromatic carbocycles. The van der Waals surface area contributed by atoms with E-state index in [1.807, 2.05) is 13.8 Å². The molecular formula is C11H14F2O. The number of hydrogen-bond donors (Lipinski definition) is 1. The Labute approximate surface area is 82.4 Å². The summed E-state index contributed by atoms with van der Waals surface area (Å²) in [5.74, 6) is -1.32. The second-order valence-corrected chi connectivity index (χ2v) is 3.70. The molecule has 0 aliphatic rings. The van der Waals surface area contributed by atoms with Crippen molar-refractivity contribution in [1.82, 2.24) is 0 Å². The molecule has 0 saturated heterocycles. The normalized spacial score (nSPS) is 13.3. The summed E-state index contributed by atoms with van der Waals surface area (Å²) in [7, 11) is 0. The largest absolute Gasteiger partial charge is 0.396 e. The van der Waals surface area contributed by atoms with E-state index in [1.165, 1.54) is 12.1 Å². The summed E-state index contributed by atoms with van der Waals surface area (Å²) in [5.41, 5.74) is 0.379. The van der Waals surface area contributed by atoms with Gasteiger partial charge in [0.25, 0.3) is 0 Å². The van der Waals surface area contributed by atoms with Gasteiger partial charge in [-0.05, 0) is 17.5 Å². The Bertz CT molecular complexity index is 310. The smallest absolute Gasteiger partial charge is 0.129 e. The molecule has 1 nitrogen and oxygen atoms in total. The van der Waals surface area contributed by atoms with Gasteiger partial charge in [-0.25, -0.2) is 8.78 Å². The van der Waals surface area contributed by atoms with Crippen LogP contribution in [0, 0.1) is 17.6 Å². The van der Waals surface area contributed by atoms with E-state index in [0.717, 1.165) is 6.07 Å². The molecule has 0 bridgehead atoms. The predicted octanol–water partition coefficient (Wildman–Crippen LogP) is 2.70. The predicted molar refractivity (Wildman–Crippen MR) is 51.0 cm³/mol. The van der Waals surface area contributed by atoms with E-state index >= 15 is 0 Å². The summed E-state index contributed by atoms with van der Waals surface area (Å²) in [6, 6.07) is 3.45. The number of aliphatic hydroxyl groups is 1. The van der Waals surface area contributed by atoms with Gasteiger partial charge in [-0.3, -0.25) is 0 Å². The first-order valence-corrected chi connectivity index (χ1v) is 4.62. The van der Waals surface area contributed by atoms with E-state index in [4.69, 9.17) is 5.11 Å². The average Bonchev–Trinajstić information content (AvgIpc) is 2.09. The van der Waals surface area contributed by atoms with Gasteiger partial charge in [0, 0.05) is 12.0 Å². The number of hydrogen-bond acceptors (Lipinski definition) is 1. The summed E-state index contributed by atoms with van der Waals surface area (Å²) in [6.45, 7) is 3.66. The maximum Gasteiger partial charge on any atom is 0.129 e. The van der Waals surface area contributed by atoms with E-state index < -0.39 is 11.6 Å². The maximum absolute atomic E-state index is 13.3. The van der Waals surface area contributed by atoms with Crippen molar-refractivity contribution in [2.45, 2.75) is 19.8 Å². The third-order valence-corrected chi connectivity index (χ3v) is 2.36. The van der Waals surface area contributed by atoms with Crippen molar-refractivity contribution in [2.24, 2.45) is 5.92 Å². The van der Waals surface area contributed by atoms with Crippen LogP contribution in [0.5, 0.6) is 0 Å². The van der Waals surface area contributed by atoms with E-state index in [2.05, 4.69) is 0 Å². The molecule has 0 aliphatic carbocycles. The molecule has 1 N–H and O–H groups in total. The summed E-state index contributed by atoms with van der Waals surface area (Å²) in [4.78, 5) is 0. The lowest BCUT2D eigenvalue weighted by atomic mass is 9.89. The molecular weight excluding hydrogens is 186 g/mol. The van der Waals surface area contributed by atoms with Crippen LogP contribution in [0.3, 0.4) is 0 Å². The van der Waals surface area contributed by atoms with Gasteiger partial charge in [-0.1, -0.05) is 19.9 Å². The first-order chi connectivity index (χ1) is 6.56. The number of rotatable bonds is 3. The van der Waals surface area contributed by atoms with Crippen molar-refractivity contribution >= 4 is 0 Å². The highest BCUT2D eigenvalue weighted by Gasteiger charge is 2.18. The Hall–Kier alpha value is -0.960. The van der Waals surface area contributed by atoms with Crippen LogP contribution in [-0.4, -0.2) is 11.7 Å². The lowest BCUT2D eigenvalue weighted by Gasteiger charge is -2.19. The molecule has 0 fully saturated rings. The molecule has 3 heteroatoms. The van der Waals surface area contributed by atoms with Crippen LogP contribution in [0.2, 0.25) is 0 Å². The third-order valence-electron chi connectivity index (χ3n) is 2.36. The van der Waals surface area contributed by atoms with E-state index in [9.17, 15) is 8.78 Å². The van der Waals surface area contributed by atoms with Crippen molar-refractivity contribution in [3.05, 3.63) is 35.4 Å². The van der Waals surface area contributed by atoms with Gasteiger partial charge in [-0.2, -0.15) is 0 Å². The second kappa shape index (κ2) is 4.51. The van der Waals surface area contributed by atoms with Crippen molar-refractivity contribution < 1.29 is 13.9 Å². The third kappa shape index (κ3) is 2.29. The molecule has 0 amide bonds. The van der Waals surface area contributed by atoms with Crippen LogP contribution in [0.15, 0.2) is 18.2 Å². The summed E-state index contributed by atoms with van der Waals surface area (Å²) < 4.78 is 25.9. The Kier molecular flexibility index (Phi) is 3.58. The topological polar surface area (TPSA) is 20.2 Å². The molecule has 0 heterocycles. The molecule has 0 aromatic heterocycles. The van der Waals surface area contributed by atoms with Gasteiger partial charge < -0.3 is 5.11 Å². The van der Waals surface area contributed by atoms with Crippen LogP contribution in [-0.2, 0) is 0 Å². The lowest BCUT2D eigenvalue weighted by Crippen LogP contribution is -2.13. The van der Waals surface area contributed by atoms with Gasteiger partial charge in [0.15, 0.2) is 0 Å². The molecule has 0 radical (unpaired) electrons. The van der Waals surface area contributed by atoms with E-state index in [-0.39, 0.29) is 18.4 Å². The quantitative estimate of drug-likeness (QED) is 0.795. The fourth-order valence-corrected chi connectivity index (χ4v) is 1.47. The molecule has 78 valence electrons. The van der Waals surface area contributed by atoms with Crippen molar-refractivity contribution in [2.75, 3.05) is 6.61 Å². The maximum atomic E-state index is 13.3. The van der Waals surface area contributed by atoms with Gasteiger partial charge in [0.2, 0.25) is 0 Å². The zero-order valence-electron chi connectivity index (χ0n) is 8.30. The zero-order chi connectivity index (χ0) is 10.7. The highest BCUT2D eigenvalue weighted by molar-refractivity contribution is 5.23. The van der Waals surface area contributed by atoms with Crippen LogP contribution < -0.4 is 0 Å². The monoisotopic (exact) mass is 200 g/mol. The van der Waals surface area contributed by atoms with Crippen LogP contribution in [0.25, 0.3) is 0 Å². The molecule has 1 atom stereocenters. The van der Waals surface area contributed by atoms with Crippen molar-refractivity contribution in [3.8, 4) is 0 Å². The Morgan fingerprint density at radius 3 is 2.36 bits per heavy atom. The van der Waals surface area contributed by atoms with E-state index in [1.54, 1.807) is 0 Å². The summed E-state index contributed by atoms with van der Waals surface area (Å²) >= 11 is 0. The fraction of sp³-hybridized carbons (Fsp3) is 0.455. The highest BCUT2D eigenvalue weighted by atomic mass is 19.1.